The van der Waals surface area contributed by atoms with E-state index in [1.165, 1.54) is 16.0 Å². The molecular weight excluding hydrogens is 388 g/mol. The summed E-state index contributed by atoms with van der Waals surface area (Å²) in [6.45, 7) is 11.6. The van der Waals surface area contributed by atoms with Crippen molar-refractivity contribution >= 4 is 11.6 Å². The van der Waals surface area contributed by atoms with Crippen molar-refractivity contribution in [3.63, 3.8) is 0 Å². The lowest BCUT2D eigenvalue weighted by atomic mass is 10.1. The zero-order valence-electron chi connectivity index (χ0n) is 18.9. The number of piperazine rings is 2. The van der Waals surface area contributed by atoms with Crippen LogP contribution in [0.2, 0.25) is 0 Å². The van der Waals surface area contributed by atoms with Crippen LogP contribution in [0.5, 0.6) is 5.75 Å². The Morgan fingerprint density at radius 2 is 1.65 bits per heavy atom. The fraction of sp³-hybridized carbons (Fsp3) is 0.480. The highest BCUT2D eigenvalue weighted by atomic mass is 16.5. The third-order valence-corrected chi connectivity index (χ3v) is 6.66. The van der Waals surface area contributed by atoms with E-state index in [-0.39, 0.29) is 0 Å². The maximum atomic E-state index is 12.9. The van der Waals surface area contributed by atoms with E-state index in [0.717, 1.165) is 70.3 Å². The van der Waals surface area contributed by atoms with Crippen LogP contribution in [0.3, 0.4) is 0 Å². The van der Waals surface area contributed by atoms with Crippen LogP contribution >= 0.6 is 0 Å². The number of nitrogens with one attached hydrogen (secondary N) is 2. The molecule has 166 valence electrons. The summed E-state index contributed by atoms with van der Waals surface area (Å²) in [5, 5.41) is 0. The largest absolute Gasteiger partial charge is 0.495 e. The SMILES string of the molecule is COc1ccccc1N1CCN(C(=O)C[NH+]2CC[NH+](Cc3cccc(C)c3)CC2)CC1. The van der Waals surface area contributed by atoms with Crippen LogP contribution in [0.15, 0.2) is 48.5 Å². The minimum absolute atomic E-state index is 0.303. The lowest BCUT2D eigenvalue weighted by Gasteiger charge is -2.37. The van der Waals surface area contributed by atoms with E-state index in [2.05, 4.69) is 42.2 Å². The average Bonchev–Trinajstić information content (AvgIpc) is 2.80. The Hall–Kier alpha value is -2.57. The van der Waals surface area contributed by atoms with Crippen LogP contribution in [-0.2, 0) is 11.3 Å². The van der Waals surface area contributed by atoms with Gasteiger partial charge < -0.3 is 24.3 Å². The number of carbonyl (C=O) groups excluding carboxylic acids is 1. The molecule has 0 aromatic heterocycles. The number of amides is 1. The van der Waals surface area contributed by atoms with Crippen LogP contribution in [0.1, 0.15) is 11.1 Å². The van der Waals surface area contributed by atoms with E-state index >= 15 is 0 Å². The summed E-state index contributed by atoms with van der Waals surface area (Å²) < 4.78 is 5.50. The van der Waals surface area contributed by atoms with Gasteiger partial charge in [0.1, 0.15) is 38.5 Å². The molecule has 0 saturated carbocycles. The normalized spacial score (nSPS) is 21.7. The predicted molar refractivity (Wildman–Crippen MR) is 123 cm³/mol. The molecule has 2 fully saturated rings. The number of benzene rings is 2. The van der Waals surface area contributed by atoms with Gasteiger partial charge in [-0.3, -0.25) is 4.79 Å². The number of nitrogens with zero attached hydrogens (tertiary/aromatic N) is 2. The molecule has 2 aliphatic rings. The summed E-state index contributed by atoms with van der Waals surface area (Å²) in [6, 6.07) is 17.0. The zero-order valence-corrected chi connectivity index (χ0v) is 18.9. The van der Waals surface area contributed by atoms with E-state index in [4.69, 9.17) is 4.74 Å². The minimum Gasteiger partial charge on any atom is -0.495 e. The van der Waals surface area contributed by atoms with E-state index in [9.17, 15) is 4.79 Å². The van der Waals surface area contributed by atoms with Crippen LogP contribution in [0.4, 0.5) is 5.69 Å². The van der Waals surface area contributed by atoms with Gasteiger partial charge in [0.2, 0.25) is 0 Å². The van der Waals surface area contributed by atoms with E-state index < -0.39 is 0 Å². The summed E-state index contributed by atoms with van der Waals surface area (Å²) in [7, 11) is 1.71. The zero-order chi connectivity index (χ0) is 21.6. The highest BCUT2D eigenvalue weighted by molar-refractivity contribution is 5.77. The Morgan fingerprint density at radius 3 is 2.35 bits per heavy atom. The van der Waals surface area contributed by atoms with E-state index in [1.54, 1.807) is 12.0 Å². The van der Waals surface area contributed by atoms with Crippen LogP contribution in [-0.4, -0.2) is 76.8 Å². The number of carbonyl (C=O) groups is 1. The van der Waals surface area contributed by atoms with Crippen molar-refractivity contribution in [1.82, 2.24) is 4.90 Å². The second-order valence-electron chi connectivity index (χ2n) is 8.88. The molecule has 2 saturated heterocycles. The molecule has 2 aliphatic heterocycles. The molecule has 2 aromatic rings. The van der Waals surface area contributed by atoms with Gasteiger partial charge in [0.15, 0.2) is 6.54 Å². The maximum Gasteiger partial charge on any atom is 0.277 e. The summed E-state index contributed by atoms with van der Waals surface area (Å²) >= 11 is 0. The minimum atomic E-state index is 0.303. The fourth-order valence-electron chi connectivity index (χ4n) is 4.83. The van der Waals surface area contributed by atoms with Crippen LogP contribution in [0, 0.1) is 6.92 Å². The number of aryl methyl sites for hydroxylation is 1. The van der Waals surface area contributed by atoms with Gasteiger partial charge in [-0.2, -0.15) is 0 Å². The van der Waals surface area contributed by atoms with Gasteiger partial charge in [-0.05, 0) is 19.1 Å². The summed E-state index contributed by atoms with van der Waals surface area (Å²) in [5.41, 5.74) is 3.87. The third kappa shape index (κ3) is 5.57. The van der Waals surface area contributed by atoms with Crippen molar-refractivity contribution in [2.75, 3.05) is 70.9 Å². The number of anilines is 1. The van der Waals surface area contributed by atoms with Crippen molar-refractivity contribution < 1.29 is 19.3 Å². The Bertz CT molecular complexity index is 871. The number of methoxy groups -OCH3 is 1. The maximum absolute atomic E-state index is 12.9. The Labute approximate surface area is 186 Å². The molecule has 0 bridgehead atoms. The van der Waals surface area contributed by atoms with Crippen LogP contribution < -0.4 is 19.4 Å². The number of hydrogen-bond donors (Lipinski definition) is 2. The monoisotopic (exact) mass is 424 g/mol. The topological polar surface area (TPSA) is 41.7 Å². The molecule has 0 radical (unpaired) electrons. The number of hydrogen-bond acceptors (Lipinski definition) is 3. The lowest BCUT2D eigenvalue weighted by Crippen LogP contribution is -3.28. The third-order valence-electron chi connectivity index (χ3n) is 6.66. The fourth-order valence-corrected chi connectivity index (χ4v) is 4.83. The Morgan fingerprint density at radius 1 is 0.935 bits per heavy atom. The predicted octanol–water partition coefficient (Wildman–Crippen LogP) is -0.364. The van der Waals surface area contributed by atoms with Crippen molar-refractivity contribution in [1.29, 1.82) is 0 Å². The molecule has 0 unspecified atom stereocenters. The average molecular weight is 425 g/mol. The second-order valence-corrected chi connectivity index (χ2v) is 8.88. The van der Waals surface area contributed by atoms with E-state index in [1.807, 2.05) is 23.1 Å². The van der Waals surface area contributed by atoms with Gasteiger partial charge in [0.05, 0.1) is 12.8 Å². The standard InChI is InChI=1S/C25H34N4O2/c1-21-6-5-7-22(18-21)19-26-10-12-27(13-11-26)20-25(30)29-16-14-28(15-17-29)23-8-3-4-9-24(23)31-2/h3-9,18H,10-17,19-20H2,1-2H3/p+2. The molecule has 2 aromatic carbocycles. The van der Waals surface area contributed by atoms with Crippen molar-refractivity contribution in [3.05, 3.63) is 59.7 Å². The molecule has 6 heteroatoms. The highest BCUT2D eigenvalue weighted by Crippen LogP contribution is 2.28. The molecule has 31 heavy (non-hydrogen) atoms. The summed E-state index contributed by atoms with van der Waals surface area (Å²) in [5.74, 6) is 1.20. The molecule has 0 atom stereocenters. The number of rotatable bonds is 6. The van der Waals surface area contributed by atoms with Gasteiger partial charge in [-0.15, -0.1) is 0 Å². The van der Waals surface area contributed by atoms with Crippen molar-refractivity contribution in [2.24, 2.45) is 0 Å². The molecule has 6 nitrogen and oxygen atoms in total. The van der Waals surface area contributed by atoms with Gasteiger partial charge >= 0.3 is 0 Å². The molecule has 1 amide bonds. The Kier molecular flexibility index (Phi) is 7.10. The first-order chi connectivity index (χ1) is 15.1. The lowest BCUT2D eigenvalue weighted by molar-refractivity contribution is -1.02. The molecule has 2 N–H and O–H groups in total. The van der Waals surface area contributed by atoms with E-state index in [0.29, 0.717) is 12.5 Å². The van der Waals surface area contributed by atoms with Gasteiger partial charge in [-0.25, -0.2) is 0 Å². The van der Waals surface area contributed by atoms with Gasteiger partial charge in [0.25, 0.3) is 5.91 Å². The first-order valence-corrected chi connectivity index (χ1v) is 11.5. The first-order valence-electron chi connectivity index (χ1n) is 11.5. The summed E-state index contributed by atoms with van der Waals surface area (Å²) in [6.07, 6.45) is 0. The highest BCUT2D eigenvalue weighted by Gasteiger charge is 2.29. The van der Waals surface area contributed by atoms with Crippen molar-refractivity contribution in [3.8, 4) is 5.75 Å². The van der Waals surface area contributed by atoms with Crippen molar-refractivity contribution in [2.45, 2.75) is 13.5 Å². The number of para-hydroxylation sites is 2. The number of quaternary nitrogens is 2. The second kappa shape index (κ2) is 10.2. The molecule has 0 spiro atoms. The van der Waals surface area contributed by atoms with Gasteiger partial charge in [0, 0.05) is 31.7 Å². The first kappa shape index (κ1) is 21.7. The molecule has 2 heterocycles. The Balaban J connectivity index is 1.21. The number of ether oxygens (including phenoxy) is 1. The molecule has 4 rings (SSSR count). The summed E-state index contributed by atoms with van der Waals surface area (Å²) in [4.78, 5) is 20.3. The molecule has 0 aliphatic carbocycles. The smallest absolute Gasteiger partial charge is 0.277 e. The molecular formula is C25H36N4O2+2. The van der Waals surface area contributed by atoms with Crippen LogP contribution in [0.25, 0.3) is 0 Å². The quantitative estimate of drug-likeness (QED) is 0.665. The van der Waals surface area contributed by atoms with Gasteiger partial charge in [-0.1, -0.05) is 42.0 Å².